The number of aromatic nitrogens is 2. The molecule has 5 heterocycles. The smallest absolute Gasteiger partial charge is 0.151 e. The molecule has 3 atom stereocenters. The Hall–Kier alpha value is -2.08. The summed E-state index contributed by atoms with van der Waals surface area (Å²) in [5.74, 6) is 0.564. The van der Waals surface area contributed by atoms with Gasteiger partial charge in [0, 0.05) is 30.6 Å². The van der Waals surface area contributed by atoms with E-state index in [1.807, 2.05) is 19.1 Å². The lowest BCUT2D eigenvalue weighted by atomic mass is 9.75. The molecule has 1 aromatic carbocycles. The number of halogens is 2. The van der Waals surface area contributed by atoms with E-state index in [9.17, 15) is 8.78 Å². The molecule has 0 aliphatic carbocycles. The summed E-state index contributed by atoms with van der Waals surface area (Å²) in [5.41, 5.74) is 1.65. The summed E-state index contributed by atoms with van der Waals surface area (Å²) in [5, 5.41) is 8.63. The summed E-state index contributed by atoms with van der Waals surface area (Å²) in [7, 11) is 0. The van der Waals surface area contributed by atoms with Crippen LogP contribution in [-0.4, -0.2) is 46.8 Å². The van der Waals surface area contributed by atoms with Crippen molar-refractivity contribution < 1.29 is 8.78 Å². The van der Waals surface area contributed by atoms with E-state index in [1.54, 1.807) is 0 Å². The van der Waals surface area contributed by atoms with Crippen molar-refractivity contribution in [2.75, 3.05) is 24.5 Å². The minimum atomic E-state index is -0.499. The number of benzene rings is 1. The number of aryl methyl sites for hydroxylation is 1. The molecule has 4 fully saturated rings. The molecule has 1 aromatic heterocycles. The van der Waals surface area contributed by atoms with Crippen molar-refractivity contribution in [2.24, 2.45) is 5.92 Å². The maximum atomic E-state index is 13.9. The van der Waals surface area contributed by atoms with E-state index in [4.69, 9.17) is 0 Å². The van der Waals surface area contributed by atoms with Crippen molar-refractivity contribution in [3.05, 3.63) is 53.2 Å². The van der Waals surface area contributed by atoms with Gasteiger partial charge in [0.15, 0.2) is 5.82 Å². The summed E-state index contributed by atoms with van der Waals surface area (Å²) in [6, 6.07) is 8.57. The van der Waals surface area contributed by atoms with Crippen LogP contribution in [-0.2, 0) is 0 Å². The van der Waals surface area contributed by atoms with Crippen molar-refractivity contribution in [1.82, 2.24) is 15.1 Å². The molecule has 0 N–H and O–H groups in total. The van der Waals surface area contributed by atoms with E-state index in [0.29, 0.717) is 12.0 Å². The lowest BCUT2D eigenvalue weighted by molar-refractivity contribution is 0.0353. The SMILES string of the molecule is Cc1ccc(N2C[C@H](c3cc(F)cc(F)c3)[C@@H]3[C@H]2C2CCN3CC2)nn1. The molecule has 4 nitrogen and oxygen atoms in total. The molecule has 2 bridgehead atoms. The Kier molecular flexibility index (Phi) is 3.71. The first kappa shape index (κ1) is 16.1. The highest BCUT2D eigenvalue weighted by Gasteiger charge is 2.53. The van der Waals surface area contributed by atoms with Crippen LogP contribution < -0.4 is 4.90 Å². The molecule has 4 aliphatic heterocycles. The minimum absolute atomic E-state index is 0.0800. The molecule has 136 valence electrons. The van der Waals surface area contributed by atoms with Gasteiger partial charge in [-0.1, -0.05) is 0 Å². The lowest BCUT2D eigenvalue weighted by Crippen LogP contribution is -2.60. The van der Waals surface area contributed by atoms with Gasteiger partial charge in [-0.3, -0.25) is 4.90 Å². The highest BCUT2D eigenvalue weighted by molar-refractivity contribution is 5.46. The van der Waals surface area contributed by atoms with Crippen LogP contribution in [0.25, 0.3) is 0 Å². The zero-order chi connectivity index (χ0) is 17.8. The number of rotatable bonds is 2. The van der Waals surface area contributed by atoms with E-state index >= 15 is 0 Å². The molecule has 4 aliphatic rings. The van der Waals surface area contributed by atoms with E-state index < -0.39 is 11.6 Å². The Morgan fingerprint density at radius 3 is 2.35 bits per heavy atom. The van der Waals surface area contributed by atoms with Gasteiger partial charge in [-0.15, -0.1) is 5.10 Å². The number of hydrogen-bond acceptors (Lipinski definition) is 4. The number of fused-ring (bicyclic) bond motifs is 2. The molecule has 0 amide bonds. The Labute approximate surface area is 151 Å². The highest BCUT2D eigenvalue weighted by atomic mass is 19.1. The van der Waals surface area contributed by atoms with Crippen LogP contribution in [0, 0.1) is 24.5 Å². The standard InChI is InChI=1S/C20H22F2N4/c1-12-2-3-18(24-23-12)26-11-17(14-8-15(21)10-16(22)9-14)20-19(26)13-4-6-25(20)7-5-13/h2-3,8-10,13,17,19-20H,4-7,11H2,1H3/t17-,19-,20-/m1/s1. The van der Waals surface area contributed by atoms with Crippen molar-refractivity contribution in [3.8, 4) is 0 Å². The Bertz CT molecular complexity index is 797. The monoisotopic (exact) mass is 356 g/mol. The number of hydrogen-bond donors (Lipinski definition) is 0. The molecular formula is C20H22F2N4. The van der Waals surface area contributed by atoms with Crippen LogP contribution in [0.2, 0.25) is 0 Å². The van der Waals surface area contributed by atoms with Crippen molar-refractivity contribution >= 4 is 5.82 Å². The molecule has 6 heteroatoms. The maximum absolute atomic E-state index is 13.9. The summed E-state index contributed by atoms with van der Waals surface area (Å²) < 4.78 is 27.7. The summed E-state index contributed by atoms with van der Waals surface area (Å²) in [4.78, 5) is 4.85. The van der Waals surface area contributed by atoms with Crippen molar-refractivity contribution in [2.45, 2.75) is 37.8 Å². The van der Waals surface area contributed by atoms with Gasteiger partial charge in [0.25, 0.3) is 0 Å². The van der Waals surface area contributed by atoms with Gasteiger partial charge in [0.05, 0.1) is 5.69 Å². The third-order valence-corrected chi connectivity index (χ3v) is 6.39. The van der Waals surface area contributed by atoms with E-state index in [0.717, 1.165) is 42.8 Å². The second-order valence-corrected chi connectivity index (χ2v) is 7.85. The quantitative estimate of drug-likeness (QED) is 0.828. The van der Waals surface area contributed by atoms with Gasteiger partial charge in [-0.25, -0.2) is 8.78 Å². The molecule has 2 aromatic rings. The fourth-order valence-corrected chi connectivity index (χ4v) is 5.31. The van der Waals surface area contributed by atoms with Crippen LogP contribution in [0.4, 0.5) is 14.6 Å². The first-order valence-corrected chi connectivity index (χ1v) is 9.37. The van der Waals surface area contributed by atoms with Crippen LogP contribution in [0.5, 0.6) is 0 Å². The molecule has 0 spiro atoms. The zero-order valence-electron chi connectivity index (χ0n) is 14.8. The molecule has 26 heavy (non-hydrogen) atoms. The molecule has 0 unspecified atom stereocenters. The molecule has 6 rings (SSSR count). The van der Waals surface area contributed by atoms with Crippen LogP contribution in [0.15, 0.2) is 30.3 Å². The second-order valence-electron chi connectivity index (χ2n) is 7.85. The van der Waals surface area contributed by atoms with Crippen LogP contribution in [0.3, 0.4) is 0 Å². The van der Waals surface area contributed by atoms with Gasteiger partial charge in [0.2, 0.25) is 0 Å². The first-order chi connectivity index (χ1) is 12.6. The fourth-order valence-electron chi connectivity index (χ4n) is 5.31. The third-order valence-electron chi connectivity index (χ3n) is 6.39. The number of piperidine rings is 3. The molecule has 0 saturated carbocycles. The minimum Gasteiger partial charge on any atom is -0.350 e. The fraction of sp³-hybridized carbons (Fsp3) is 0.500. The van der Waals surface area contributed by atoms with Gasteiger partial charge >= 0.3 is 0 Å². The maximum Gasteiger partial charge on any atom is 0.151 e. The summed E-state index contributed by atoms with van der Waals surface area (Å²) in [6.45, 7) is 4.81. The predicted octanol–water partition coefficient (Wildman–Crippen LogP) is 3.13. The van der Waals surface area contributed by atoms with E-state index in [-0.39, 0.29) is 12.0 Å². The predicted molar refractivity (Wildman–Crippen MR) is 95.1 cm³/mol. The third kappa shape index (κ3) is 2.50. The Balaban J connectivity index is 1.57. The molecule has 4 saturated heterocycles. The summed E-state index contributed by atoms with van der Waals surface area (Å²) >= 11 is 0. The lowest BCUT2D eigenvalue weighted by Gasteiger charge is -2.51. The topological polar surface area (TPSA) is 32.3 Å². The van der Waals surface area contributed by atoms with Gasteiger partial charge in [-0.2, -0.15) is 5.10 Å². The number of nitrogens with zero attached hydrogens (tertiary/aromatic N) is 4. The average Bonchev–Trinajstić information content (AvgIpc) is 3.05. The average molecular weight is 356 g/mol. The second kappa shape index (κ2) is 5.98. The molecular weight excluding hydrogens is 334 g/mol. The number of anilines is 1. The van der Waals surface area contributed by atoms with E-state index in [1.165, 1.54) is 25.0 Å². The van der Waals surface area contributed by atoms with Gasteiger partial charge in [-0.05, 0) is 68.6 Å². The largest absolute Gasteiger partial charge is 0.350 e. The van der Waals surface area contributed by atoms with Gasteiger partial charge < -0.3 is 4.90 Å². The zero-order valence-corrected chi connectivity index (χ0v) is 14.8. The van der Waals surface area contributed by atoms with Gasteiger partial charge in [0.1, 0.15) is 11.6 Å². The van der Waals surface area contributed by atoms with Crippen molar-refractivity contribution in [3.63, 3.8) is 0 Å². The van der Waals surface area contributed by atoms with E-state index in [2.05, 4.69) is 20.0 Å². The molecule has 0 radical (unpaired) electrons. The first-order valence-electron chi connectivity index (χ1n) is 9.37. The Morgan fingerprint density at radius 1 is 0.962 bits per heavy atom. The van der Waals surface area contributed by atoms with Crippen molar-refractivity contribution in [1.29, 1.82) is 0 Å². The van der Waals surface area contributed by atoms with Crippen LogP contribution >= 0.6 is 0 Å². The summed E-state index contributed by atoms with van der Waals surface area (Å²) in [6.07, 6.45) is 2.36. The highest BCUT2D eigenvalue weighted by Crippen LogP contribution is 2.47. The Morgan fingerprint density at radius 2 is 1.69 bits per heavy atom. The van der Waals surface area contributed by atoms with Crippen LogP contribution in [0.1, 0.15) is 30.0 Å². The normalized spacial score (nSPS) is 32.7.